The normalized spacial score (nSPS) is 14.8. The Morgan fingerprint density at radius 3 is 2.59 bits per heavy atom. The van der Waals surface area contributed by atoms with Crippen molar-refractivity contribution < 1.29 is 20.1 Å². The third-order valence-corrected chi connectivity index (χ3v) is 2.91. The molecule has 0 aliphatic rings. The average molecular weight is 301 g/mol. The predicted molar refractivity (Wildman–Crippen MR) is 67.9 cm³/mol. The van der Waals surface area contributed by atoms with Crippen molar-refractivity contribution in [2.45, 2.75) is 12.2 Å². The van der Waals surface area contributed by atoms with Crippen LogP contribution in [0, 0.1) is 0 Å². The van der Waals surface area contributed by atoms with Crippen LogP contribution in [0.5, 0.6) is 0 Å². The summed E-state index contributed by atoms with van der Waals surface area (Å²) in [7, 11) is 0. The lowest BCUT2D eigenvalue weighted by Gasteiger charge is -2.17. The molecule has 1 rings (SSSR count). The molecule has 17 heavy (non-hydrogen) atoms. The molecule has 3 N–H and O–H groups in total. The molecule has 2 atom stereocenters. The Morgan fingerprint density at radius 2 is 2.00 bits per heavy atom. The molecular weight excluding hydrogens is 288 g/mol. The molecule has 0 fully saturated rings. The van der Waals surface area contributed by atoms with E-state index in [1.165, 1.54) is 6.08 Å². The topological polar surface area (TPSA) is 77.8 Å². The molecule has 2 unspecified atom stereocenters. The Labute approximate surface area is 107 Å². The van der Waals surface area contributed by atoms with Crippen LogP contribution in [0.15, 0.2) is 30.3 Å². The molecular formula is C12H13BrO4. The molecule has 0 spiro atoms. The van der Waals surface area contributed by atoms with Gasteiger partial charge in [-0.05, 0) is 17.2 Å². The van der Waals surface area contributed by atoms with Crippen LogP contribution in [-0.2, 0) is 4.79 Å². The number of aliphatic hydroxyl groups excluding tert-OH is 2. The van der Waals surface area contributed by atoms with E-state index in [0.717, 1.165) is 6.08 Å². The van der Waals surface area contributed by atoms with Crippen LogP contribution in [-0.4, -0.2) is 32.7 Å². The summed E-state index contributed by atoms with van der Waals surface area (Å²) in [6.45, 7) is 0. The molecule has 1 aromatic rings. The average Bonchev–Trinajstić information content (AvgIpc) is 2.34. The third-order valence-electron chi connectivity index (χ3n) is 2.24. The molecule has 92 valence electrons. The molecule has 0 aliphatic heterocycles. The van der Waals surface area contributed by atoms with E-state index in [2.05, 4.69) is 15.9 Å². The zero-order chi connectivity index (χ0) is 12.8. The zero-order valence-electron chi connectivity index (χ0n) is 8.95. The molecule has 0 saturated carbocycles. The summed E-state index contributed by atoms with van der Waals surface area (Å²) in [6, 6.07) is 6.78. The van der Waals surface area contributed by atoms with Crippen molar-refractivity contribution in [2.75, 3.05) is 5.33 Å². The van der Waals surface area contributed by atoms with E-state index in [1.807, 2.05) is 0 Å². The summed E-state index contributed by atoms with van der Waals surface area (Å²) >= 11 is 3.08. The maximum absolute atomic E-state index is 10.4. The predicted octanol–water partition coefficient (Wildman–Crippen LogP) is 1.57. The summed E-state index contributed by atoms with van der Waals surface area (Å²) in [5, 5.41) is 28.2. The molecule has 0 amide bonds. The number of carbonyl (C=O) groups is 1. The molecule has 0 bridgehead atoms. The van der Waals surface area contributed by atoms with Gasteiger partial charge >= 0.3 is 5.97 Å². The number of hydrogen-bond acceptors (Lipinski definition) is 3. The Balaban J connectivity index is 3.03. The van der Waals surface area contributed by atoms with Crippen molar-refractivity contribution >= 4 is 28.0 Å². The van der Waals surface area contributed by atoms with Crippen molar-refractivity contribution in [1.29, 1.82) is 0 Å². The van der Waals surface area contributed by atoms with Gasteiger partial charge in [-0.25, -0.2) is 4.79 Å². The summed E-state index contributed by atoms with van der Waals surface area (Å²) in [5.41, 5.74) is 1.07. The van der Waals surface area contributed by atoms with E-state index >= 15 is 0 Å². The summed E-state index contributed by atoms with van der Waals surface area (Å²) in [4.78, 5) is 10.4. The van der Waals surface area contributed by atoms with Gasteiger partial charge in [-0.1, -0.05) is 40.2 Å². The van der Waals surface area contributed by atoms with Gasteiger partial charge in [0.2, 0.25) is 0 Å². The standard InChI is InChI=1S/C12H13BrO4/c13-7-10(14)12(17)9-4-2-1-3-8(9)5-6-11(15)16/h1-6,10,12,14,17H,7H2,(H,15,16)/b6-5+. The van der Waals surface area contributed by atoms with E-state index in [9.17, 15) is 15.0 Å². The van der Waals surface area contributed by atoms with Gasteiger partial charge in [-0.2, -0.15) is 0 Å². The maximum atomic E-state index is 10.4. The first-order chi connectivity index (χ1) is 8.06. The van der Waals surface area contributed by atoms with Gasteiger partial charge in [0.05, 0.1) is 6.10 Å². The smallest absolute Gasteiger partial charge is 0.328 e. The highest BCUT2D eigenvalue weighted by atomic mass is 79.9. The largest absolute Gasteiger partial charge is 0.478 e. The molecule has 0 saturated heterocycles. The van der Waals surface area contributed by atoms with Crippen LogP contribution in [0.3, 0.4) is 0 Å². The number of rotatable bonds is 5. The summed E-state index contributed by atoms with van der Waals surface area (Å²) in [6.07, 6.45) is 0.395. The van der Waals surface area contributed by atoms with Crippen LogP contribution < -0.4 is 0 Å². The van der Waals surface area contributed by atoms with Crippen LogP contribution in [0.25, 0.3) is 6.08 Å². The Morgan fingerprint density at radius 1 is 1.35 bits per heavy atom. The highest BCUT2D eigenvalue weighted by molar-refractivity contribution is 9.09. The van der Waals surface area contributed by atoms with Gasteiger partial charge in [-0.3, -0.25) is 0 Å². The number of benzene rings is 1. The quantitative estimate of drug-likeness (QED) is 0.570. The molecule has 0 aromatic heterocycles. The fraction of sp³-hybridized carbons (Fsp3) is 0.250. The van der Waals surface area contributed by atoms with Gasteiger partial charge in [0.25, 0.3) is 0 Å². The Hall–Kier alpha value is -1.17. The van der Waals surface area contributed by atoms with Crippen molar-refractivity contribution in [3.63, 3.8) is 0 Å². The second-order valence-corrected chi connectivity index (χ2v) is 4.11. The van der Waals surface area contributed by atoms with Crippen LogP contribution >= 0.6 is 15.9 Å². The minimum absolute atomic E-state index is 0.241. The van der Waals surface area contributed by atoms with E-state index in [0.29, 0.717) is 11.1 Å². The Kier molecular flexibility index (Phi) is 5.34. The van der Waals surface area contributed by atoms with Crippen molar-refractivity contribution in [3.8, 4) is 0 Å². The number of aliphatic hydroxyl groups is 2. The van der Waals surface area contributed by atoms with Crippen molar-refractivity contribution in [3.05, 3.63) is 41.5 Å². The van der Waals surface area contributed by atoms with Crippen molar-refractivity contribution in [2.24, 2.45) is 0 Å². The van der Waals surface area contributed by atoms with Gasteiger partial charge in [0.1, 0.15) is 6.10 Å². The summed E-state index contributed by atoms with van der Waals surface area (Å²) in [5.74, 6) is -1.06. The number of halogens is 1. The minimum atomic E-state index is -1.06. The SMILES string of the molecule is O=C(O)/C=C/c1ccccc1C(O)C(O)CBr. The van der Waals surface area contributed by atoms with Gasteiger partial charge in [0, 0.05) is 11.4 Å². The maximum Gasteiger partial charge on any atom is 0.328 e. The van der Waals surface area contributed by atoms with Crippen LogP contribution in [0.1, 0.15) is 17.2 Å². The molecule has 0 heterocycles. The lowest BCUT2D eigenvalue weighted by Crippen LogP contribution is -2.20. The molecule has 0 radical (unpaired) electrons. The highest BCUT2D eigenvalue weighted by Gasteiger charge is 2.18. The fourth-order valence-electron chi connectivity index (χ4n) is 1.38. The lowest BCUT2D eigenvalue weighted by atomic mass is 9.99. The monoisotopic (exact) mass is 300 g/mol. The first-order valence-electron chi connectivity index (χ1n) is 4.98. The number of alkyl halides is 1. The minimum Gasteiger partial charge on any atom is -0.478 e. The molecule has 4 nitrogen and oxygen atoms in total. The van der Waals surface area contributed by atoms with Crippen LogP contribution in [0.2, 0.25) is 0 Å². The number of carboxylic acids is 1. The number of carboxylic acid groups (broad SMARTS) is 1. The second kappa shape index (κ2) is 6.54. The van der Waals surface area contributed by atoms with E-state index in [-0.39, 0.29) is 5.33 Å². The van der Waals surface area contributed by atoms with E-state index in [4.69, 9.17) is 5.11 Å². The van der Waals surface area contributed by atoms with Crippen molar-refractivity contribution in [1.82, 2.24) is 0 Å². The van der Waals surface area contributed by atoms with Gasteiger partial charge in [-0.15, -0.1) is 0 Å². The van der Waals surface area contributed by atoms with Gasteiger partial charge in [0.15, 0.2) is 0 Å². The number of aliphatic carboxylic acids is 1. The van der Waals surface area contributed by atoms with Gasteiger partial charge < -0.3 is 15.3 Å². The third kappa shape index (κ3) is 3.96. The zero-order valence-corrected chi connectivity index (χ0v) is 10.5. The fourth-order valence-corrected chi connectivity index (χ4v) is 1.74. The van der Waals surface area contributed by atoms with E-state index in [1.54, 1.807) is 24.3 Å². The second-order valence-electron chi connectivity index (χ2n) is 3.47. The van der Waals surface area contributed by atoms with E-state index < -0.39 is 18.2 Å². The molecule has 0 aliphatic carbocycles. The molecule has 5 heteroatoms. The first kappa shape index (κ1) is 13.9. The summed E-state index contributed by atoms with van der Waals surface area (Å²) < 4.78 is 0. The number of hydrogen-bond donors (Lipinski definition) is 3. The highest BCUT2D eigenvalue weighted by Crippen LogP contribution is 2.23. The lowest BCUT2D eigenvalue weighted by molar-refractivity contribution is -0.131. The molecule has 1 aromatic carbocycles. The first-order valence-corrected chi connectivity index (χ1v) is 6.10. The Bertz CT molecular complexity index is 417. The van der Waals surface area contributed by atoms with Crippen LogP contribution in [0.4, 0.5) is 0 Å².